The minimum atomic E-state index is -5.08. The molecule has 0 saturated carbocycles. The van der Waals surface area contributed by atoms with Gasteiger partial charge in [0, 0.05) is 42.4 Å². The van der Waals surface area contributed by atoms with Gasteiger partial charge in [0.25, 0.3) is 0 Å². The molecule has 4 heterocycles. The molecule has 11 heteroatoms. The Hall–Kier alpha value is -1.98. The summed E-state index contributed by atoms with van der Waals surface area (Å²) < 4.78 is 43.4. The lowest BCUT2D eigenvalue weighted by Gasteiger charge is -2.39. The average Bonchev–Trinajstić information content (AvgIpc) is 3.35. The summed E-state index contributed by atoms with van der Waals surface area (Å²) in [5, 5.41) is 15.3. The van der Waals surface area contributed by atoms with E-state index in [1.165, 1.54) is 9.75 Å². The first-order chi connectivity index (χ1) is 13.6. The van der Waals surface area contributed by atoms with E-state index in [4.69, 9.17) is 19.1 Å². The van der Waals surface area contributed by atoms with E-state index < -0.39 is 12.1 Å². The maximum atomic E-state index is 10.6. The van der Waals surface area contributed by atoms with Crippen LogP contribution in [0, 0.1) is 13.8 Å². The van der Waals surface area contributed by atoms with Gasteiger partial charge in [0.15, 0.2) is 0 Å². The van der Waals surface area contributed by atoms with E-state index in [-0.39, 0.29) is 5.92 Å². The van der Waals surface area contributed by atoms with Crippen molar-refractivity contribution in [2.24, 2.45) is 0 Å². The fourth-order valence-electron chi connectivity index (χ4n) is 3.66. The van der Waals surface area contributed by atoms with E-state index >= 15 is 0 Å². The van der Waals surface area contributed by atoms with Crippen molar-refractivity contribution >= 4 is 17.3 Å². The second kappa shape index (κ2) is 8.80. The number of piperidine rings is 1. The van der Waals surface area contributed by atoms with Crippen LogP contribution in [-0.2, 0) is 16.1 Å². The number of fused-ring (bicyclic) bond motifs is 1. The van der Waals surface area contributed by atoms with Crippen LogP contribution < -0.4 is 0 Å². The number of likely N-dealkylation sites (tertiary alicyclic amines) is 1. The first-order valence-corrected chi connectivity index (χ1v) is 9.96. The number of hydrogen-bond acceptors (Lipinski definition) is 7. The van der Waals surface area contributed by atoms with Crippen LogP contribution in [0.1, 0.15) is 40.3 Å². The van der Waals surface area contributed by atoms with Crippen molar-refractivity contribution in [3.05, 3.63) is 33.7 Å². The molecule has 4 rings (SSSR count). The lowest BCUT2D eigenvalue weighted by atomic mass is 9.90. The zero-order valence-corrected chi connectivity index (χ0v) is 16.8. The number of nitrogens with zero attached hydrogens (tertiary/aromatic N) is 3. The molecule has 0 radical (unpaired) electrons. The zero-order valence-electron chi connectivity index (χ0n) is 16.0. The van der Waals surface area contributed by atoms with Gasteiger partial charge in [-0.2, -0.15) is 13.2 Å². The SMILES string of the molecule is Cc1nnc([C@H]2C[C@H]3OCC[C@H]3N(Cc3ccc(C)s3)C2)o1.O=C(O)C(F)(F)F. The van der Waals surface area contributed by atoms with Crippen molar-refractivity contribution in [1.29, 1.82) is 0 Å². The minimum Gasteiger partial charge on any atom is -0.475 e. The minimum absolute atomic E-state index is 0.279. The Morgan fingerprint density at radius 2 is 2.07 bits per heavy atom. The normalized spacial score (nSPS) is 24.7. The van der Waals surface area contributed by atoms with Crippen molar-refractivity contribution in [2.75, 3.05) is 13.2 Å². The molecule has 7 nitrogen and oxygen atoms in total. The van der Waals surface area contributed by atoms with Crippen molar-refractivity contribution in [1.82, 2.24) is 15.1 Å². The molecule has 0 aliphatic carbocycles. The molecular weight excluding hydrogens is 411 g/mol. The first-order valence-electron chi connectivity index (χ1n) is 9.14. The molecule has 2 saturated heterocycles. The summed E-state index contributed by atoms with van der Waals surface area (Å²) >= 11 is 1.88. The summed E-state index contributed by atoms with van der Waals surface area (Å²) in [5.74, 6) is -1.07. The second-order valence-electron chi connectivity index (χ2n) is 7.10. The Kier molecular flexibility index (Phi) is 6.59. The molecular formula is C18H22F3N3O4S. The van der Waals surface area contributed by atoms with Crippen LogP contribution in [0.5, 0.6) is 0 Å². The Morgan fingerprint density at radius 1 is 1.34 bits per heavy atom. The molecule has 29 heavy (non-hydrogen) atoms. The fourth-order valence-corrected chi connectivity index (χ4v) is 4.58. The first kappa shape index (κ1) is 21.7. The van der Waals surface area contributed by atoms with Crippen LogP contribution >= 0.6 is 11.3 Å². The van der Waals surface area contributed by atoms with Crippen LogP contribution in [0.25, 0.3) is 0 Å². The van der Waals surface area contributed by atoms with Gasteiger partial charge in [-0.05, 0) is 31.9 Å². The number of alkyl halides is 3. The largest absolute Gasteiger partial charge is 0.490 e. The van der Waals surface area contributed by atoms with Gasteiger partial charge in [0.05, 0.1) is 12.0 Å². The van der Waals surface area contributed by atoms with E-state index in [1.807, 2.05) is 18.3 Å². The Bertz CT molecular complexity index is 838. The number of halogens is 3. The molecule has 3 atom stereocenters. The summed E-state index contributed by atoms with van der Waals surface area (Å²) in [7, 11) is 0. The van der Waals surface area contributed by atoms with Crippen LogP contribution in [0.15, 0.2) is 16.5 Å². The molecule has 0 spiro atoms. The number of hydrogen-bond donors (Lipinski definition) is 1. The van der Waals surface area contributed by atoms with E-state index in [9.17, 15) is 13.2 Å². The number of carboxylic acids is 1. The van der Waals surface area contributed by atoms with Gasteiger partial charge in [-0.15, -0.1) is 21.5 Å². The zero-order chi connectivity index (χ0) is 21.2. The molecule has 160 valence electrons. The van der Waals surface area contributed by atoms with E-state index in [0.29, 0.717) is 18.0 Å². The van der Waals surface area contributed by atoms with Crippen molar-refractivity contribution < 1.29 is 32.2 Å². The van der Waals surface area contributed by atoms with Crippen LogP contribution in [0.4, 0.5) is 13.2 Å². The number of carboxylic acid groups (broad SMARTS) is 1. The Labute approximate surface area is 169 Å². The predicted octanol–water partition coefficient (Wildman–Crippen LogP) is 3.53. The lowest BCUT2D eigenvalue weighted by Crippen LogP contribution is -2.48. The number of ether oxygens (including phenoxy) is 1. The van der Waals surface area contributed by atoms with Gasteiger partial charge in [-0.25, -0.2) is 4.79 Å². The molecule has 2 aromatic rings. The molecule has 2 fully saturated rings. The Morgan fingerprint density at radius 3 is 2.62 bits per heavy atom. The molecule has 0 bridgehead atoms. The number of rotatable bonds is 3. The molecule has 0 aromatic carbocycles. The van der Waals surface area contributed by atoms with Gasteiger partial charge in [0.2, 0.25) is 11.8 Å². The summed E-state index contributed by atoms with van der Waals surface area (Å²) in [6, 6.07) is 4.97. The summed E-state index contributed by atoms with van der Waals surface area (Å²) in [4.78, 5) is 14.2. The average molecular weight is 433 g/mol. The molecule has 2 aliphatic heterocycles. The van der Waals surface area contributed by atoms with E-state index in [2.05, 4.69) is 34.2 Å². The summed E-state index contributed by atoms with van der Waals surface area (Å²) in [5.41, 5.74) is 0. The number of thiophene rings is 1. The highest BCUT2D eigenvalue weighted by atomic mass is 32.1. The standard InChI is InChI=1S/C16H21N3O2S.C2HF3O2/c1-10-3-4-13(22-10)9-19-8-12(16-18-17-11(2)21-16)7-15-14(19)5-6-20-15;3-2(4,5)1(6)7/h3-4,12,14-15H,5-9H2,1-2H3;(H,6,7)/t12-,14+,15+;/m0./s1. The van der Waals surface area contributed by atoms with Crippen LogP contribution in [-0.4, -0.2) is 57.6 Å². The maximum Gasteiger partial charge on any atom is 0.490 e. The van der Waals surface area contributed by atoms with Crippen molar-refractivity contribution in [2.45, 2.75) is 57.5 Å². The van der Waals surface area contributed by atoms with E-state index in [1.54, 1.807) is 0 Å². The topological polar surface area (TPSA) is 88.7 Å². The Balaban J connectivity index is 0.000000298. The maximum absolute atomic E-state index is 10.6. The smallest absolute Gasteiger partial charge is 0.475 e. The third kappa shape index (κ3) is 5.55. The molecule has 0 amide bonds. The predicted molar refractivity (Wildman–Crippen MR) is 97.7 cm³/mol. The van der Waals surface area contributed by atoms with Crippen molar-refractivity contribution in [3.63, 3.8) is 0 Å². The van der Waals surface area contributed by atoms with Crippen LogP contribution in [0.3, 0.4) is 0 Å². The van der Waals surface area contributed by atoms with Gasteiger partial charge in [-0.1, -0.05) is 0 Å². The number of aryl methyl sites for hydroxylation is 2. The number of aliphatic carboxylic acids is 1. The highest BCUT2D eigenvalue weighted by Gasteiger charge is 2.42. The molecule has 1 N–H and O–H groups in total. The fraction of sp³-hybridized carbons (Fsp3) is 0.611. The highest BCUT2D eigenvalue weighted by molar-refractivity contribution is 7.11. The monoisotopic (exact) mass is 433 g/mol. The quantitative estimate of drug-likeness (QED) is 0.792. The molecule has 2 aromatic heterocycles. The second-order valence-corrected chi connectivity index (χ2v) is 8.47. The lowest BCUT2D eigenvalue weighted by molar-refractivity contribution is -0.192. The van der Waals surface area contributed by atoms with E-state index in [0.717, 1.165) is 38.4 Å². The third-order valence-corrected chi connectivity index (χ3v) is 5.89. The number of carbonyl (C=O) groups is 1. The van der Waals surface area contributed by atoms with Gasteiger partial charge < -0.3 is 14.3 Å². The van der Waals surface area contributed by atoms with Gasteiger partial charge in [-0.3, -0.25) is 4.90 Å². The highest BCUT2D eigenvalue weighted by Crippen LogP contribution is 2.37. The van der Waals surface area contributed by atoms with Crippen molar-refractivity contribution in [3.8, 4) is 0 Å². The van der Waals surface area contributed by atoms with Crippen LogP contribution in [0.2, 0.25) is 0 Å². The molecule has 2 aliphatic rings. The number of aromatic nitrogens is 2. The summed E-state index contributed by atoms with van der Waals surface area (Å²) in [6.07, 6.45) is -2.66. The summed E-state index contributed by atoms with van der Waals surface area (Å²) in [6.45, 7) is 6.84. The molecule has 0 unspecified atom stereocenters. The third-order valence-electron chi connectivity index (χ3n) is 4.90. The van der Waals surface area contributed by atoms with Gasteiger partial charge >= 0.3 is 12.1 Å². The van der Waals surface area contributed by atoms with Gasteiger partial charge in [0.1, 0.15) is 0 Å².